The first-order valence-corrected chi connectivity index (χ1v) is 10.5. The van der Waals surface area contributed by atoms with E-state index in [9.17, 15) is 0 Å². The molecule has 0 aliphatic carbocycles. The van der Waals surface area contributed by atoms with Gasteiger partial charge >= 0.3 is 0 Å². The van der Waals surface area contributed by atoms with Gasteiger partial charge in [0.25, 0.3) is 0 Å². The molecule has 0 aromatic carbocycles. The second-order valence-electron chi connectivity index (χ2n) is 7.35. The van der Waals surface area contributed by atoms with Gasteiger partial charge in [-0.15, -0.1) is 0 Å². The first-order valence-electron chi connectivity index (χ1n) is 9.34. The number of halogens is 1. The summed E-state index contributed by atoms with van der Waals surface area (Å²) >= 11 is 7.66. The monoisotopic (exact) mass is 413 g/mol. The van der Waals surface area contributed by atoms with Gasteiger partial charge in [0.1, 0.15) is 22.2 Å². The summed E-state index contributed by atoms with van der Waals surface area (Å²) in [5.41, 5.74) is 13.4. The molecular weight excluding hydrogens is 394 g/mol. The van der Waals surface area contributed by atoms with Gasteiger partial charge < -0.3 is 16.4 Å². The lowest BCUT2D eigenvalue weighted by molar-refractivity contribution is 0.412. The first-order chi connectivity index (χ1) is 13.6. The van der Waals surface area contributed by atoms with Crippen molar-refractivity contribution in [3.05, 3.63) is 35.6 Å². The van der Waals surface area contributed by atoms with Crippen molar-refractivity contribution < 1.29 is 0 Å². The number of hydrogen-bond donors (Lipinski definition) is 2. The van der Waals surface area contributed by atoms with E-state index < -0.39 is 0 Å². The molecule has 2 bridgehead atoms. The van der Waals surface area contributed by atoms with Crippen LogP contribution in [0.15, 0.2) is 40.5 Å². The van der Waals surface area contributed by atoms with E-state index in [0.29, 0.717) is 34.6 Å². The third-order valence-electron chi connectivity index (χ3n) is 5.50. The molecule has 2 aliphatic heterocycles. The maximum absolute atomic E-state index is 6.23. The van der Waals surface area contributed by atoms with E-state index in [2.05, 4.69) is 19.9 Å². The molecule has 7 nitrogen and oxygen atoms in total. The van der Waals surface area contributed by atoms with Crippen LogP contribution in [-0.4, -0.2) is 38.1 Å². The summed E-state index contributed by atoms with van der Waals surface area (Å²) in [6, 6.07) is 6.96. The fourth-order valence-corrected chi connectivity index (χ4v) is 5.33. The zero-order valence-corrected chi connectivity index (χ0v) is 16.7. The van der Waals surface area contributed by atoms with E-state index in [0.717, 1.165) is 34.1 Å². The van der Waals surface area contributed by atoms with Crippen LogP contribution in [0.5, 0.6) is 0 Å². The van der Waals surface area contributed by atoms with Crippen LogP contribution in [-0.2, 0) is 0 Å². The number of hydrogen-bond acceptors (Lipinski definition) is 8. The molecule has 3 atom stereocenters. The van der Waals surface area contributed by atoms with E-state index in [1.165, 1.54) is 24.6 Å². The van der Waals surface area contributed by atoms with Gasteiger partial charge in [-0.1, -0.05) is 23.4 Å². The minimum absolute atomic E-state index is 0.303. The minimum atomic E-state index is 0.303. The Labute approximate surface area is 171 Å². The van der Waals surface area contributed by atoms with Crippen LogP contribution in [0, 0.1) is 0 Å². The number of fused-ring (bicyclic) bond motifs is 3. The SMILES string of the molecule is Nc1nccc(Sc2ccc3nc(N4[C@@H]5CC[C@H]4CC(N)C5)cnc3n2)c1Cl. The molecule has 3 aromatic rings. The Kier molecular flexibility index (Phi) is 4.49. The number of nitrogens with zero attached hydrogens (tertiary/aromatic N) is 5. The average molecular weight is 414 g/mol. The van der Waals surface area contributed by atoms with Crippen LogP contribution in [0.2, 0.25) is 5.02 Å². The zero-order chi connectivity index (χ0) is 19.3. The van der Waals surface area contributed by atoms with E-state index in [4.69, 9.17) is 28.1 Å². The van der Waals surface area contributed by atoms with Gasteiger partial charge in [0.15, 0.2) is 5.65 Å². The van der Waals surface area contributed by atoms with Crippen molar-refractivity contribution in [2.75, 3.05) is 10.6 Å². The molecular formula is C19H20ClN7S. The average Bonchev–Trinajstić information content (AvgIpc) is 2.96. The highest BCUT2D eigenvalue weighted by molar-refractivity contribution is 7.99. The van der Waals surface area contributed by atoms with Crippen LogP contribution >= 0.6 is 23.4 Å². The molecule has 28 heavy (non-hydrogen) atoms. The molecule has 0 spiro atoms. The molecule has 5 heterocycles. The van der Waals surface area contributed by atoms with Crippen LogP contribution in [0.4, 0.5) is 11.6 Å². The Bertz CT molecular complexity index is 1030. The molecule has 5 rings (SSSR count). The van der Waals surface area contributed by atoms with E-state index >= 15 is 0 Å². The van der Waals surface area contributed by atoms with Crippen molar-refractivity contribution >= 4 is 46.2 Å². The molecule has 2 fully saturated rings. The smallest absolute Gasteiger partial charge is 0.179 e. The van der Waals surface area contributed by atoms with Crippen molar-refractivity contribution in [2.24, 2.45) is 5.73 Å². The van der Waals surface area contributed by atoms with Crippen LogP contribution < -0.4 is 16.4 Å². The number of anilines is 2. The van der Waals surface area contributed by atoms with Gasteiger partial charge in [-0.3, -0.25) is 0 Å². The predicted molar refractivity (Wildman–Crippen MR) is 112 cm³/mol. The molecule has 0 radical (unpaired) electrons. The topological polar surface area (TPSA) is 107 Å². The van der Waals surface area contributed by atoms with Gasteiger partial charge in [0.2, 0.25) is 0 Å². The molecule has 144 valence electrons. The highest BCUT2D eigenvalue weighted by Gasteiger charge is 2.40. The second-order valence-corrected chi connectivity index (χ2v) is 8.79. The summed E-state index contributed by atoms with van der Waals surface area (Å²) in [6.45, 7) is 0. The van der Waals surface area contributed by atoms with Crippen molar-refractivity contribution in [1.29, 1.82) is 0 Å². The first kappa shape index (κ1) is 17.9. The van der Waals surface area contributed by atoms with E-state index in [1.54, 1.807) is 6.20 Å². The van der Waals surface area contributed by atoms with Gasteiger partial charge in [0, 0.05) is 29.2 Å². The molecule has 9 heteroatoms. The minimum Gasteiger partial charge on any atom is -0.382 e. The highest BCUT2D eigenvalue weighted by atomic mass is 35.5. The number of nitrogens with two attached hydrogens (primary N) is 2. The number of nitrogen functional groups attached to an aromatic ring is 1. The maximum atomic E-state index is 6.23. The summed E-state index contributed by atoms with van der Waals surface area (Å²) in [6.07, 6.45) is 7.89. The summed E-state index contributed by atoms with van der Waals surface area (Å²) in [4.78, 5) is 21.3. The molecule has 1 unspecified atom stereocenters. The van der Waals surface area contributed by atoms with E-state index in [-0.39, 0.29) is 0 Å². The predicted octanol–water partition coefficient (Wildman–Crippen LogP) is 3.27. The van der Waals surface area contributed by atoms with Crippen LogP contribution in [0.3, 0.4) is 0 Å². The quantitative estimate of drug-likeness (QED) is 0.673. The van der Waals surface area contributed by atoms with Crippen molar-refractivity contribution in [3.8, 4) is 0 Å². The fourth-order valence-electron chi connectivity index (χ4n) is 4.28. The molecule has 4 N–H and O–H groups in total. The molecule has 2 saturated heterocycles. The molecule has 0 amide bonds. The standard InChI is InChI=1S/C19H20ClN7S/c20-17-14(5-6-23-18(17)22)28-16-4-3-13-19(26-16)24-9-15(25-13)27-11-1-2-12(27)8-10(21)7-11/h3-6,9-12H,1-2,7-8,21H2,(H2,22,23)/t10?,11-,12+. The van der Waals surface area contributed by atoms with Crippen molar-refractivity contribution in [1.82, 2.24) is 19.9 Å². The number of rotatable bonds is 3. The zero-order valence-electron chi connectivity index (χ0n) is 15.1. The molecule has 0 saturated carbocycles. The molecule has 2 aliphatic rings. The lowest BCUT2D eigenvalue weighted by Gasteiger charge is -2.38. The Morgan fingerprint density at radius 3 is 2.64 bits per heavy atom. The number of aromatic nitrogens is 4. The molecule has 3 aromatic heterocycles. The largest absolute Gasteiger partial charge is 0.382 e. The summed E-state index contributed by atoms with van der Waals surface area (Å²) in [5, 5.41) is 1.22. The maximum Gasteiger partial charge on any atom is 0.179 e. The lowest BCUT2D eigenvalue weighted by atomic mass is 9.98. The Hall–Kier alpha value is -2.16. The summed E-state index contributed by atoms with van der Waals surface area (Å²) in [5.74, 6) is 1.24. The Morgan fingerprint density at radius 1 is 1.07 bits per heavy atom. The number of piperidine rings is 1. The summed E-state index contributed by atoms with van der Waals surface area (Å²) < 4.78 is 0. The second kappa shape index (κ2) is 7.02. The highest BCUT2D eigenvalue weighted by Crippen LogP contribution is 2.38. The number of pyridine rings is 2. The lowest BCUT2D eigenvalue weighted by Crippen LogP contribution is -2.47. The van der Waals surface area contributed by atoms with Crippen LogP contribution in [0.25, 0.3) is 11.2 Å². The Morgan fingerprint density at radius 2 is 1.86 bits per heavy atom. The fraction of sp³-hybridized carbons (Fsp3) is 0.368. The Balaban J connectivity index is 1.43. The van der Waals surface area contributed by atoms with Crippen LogP contribution in [0.1, 0.15) is 25.7 Å². The normalized spacial score (nSPS) is 24.1. The van der Waals surface area contributed by atoms with Crippen molar-refractivity contribution in [3.63, 3.8) is 0 Å². The summed E-state index contributed by atoms with van der Waals surface area (Å²) in [7, 11) is 0. The van der Waals surface area contributed by atoms with E-state index in [1.807, 2.05) is 24.4 Å². The third-order valence-corrected chi connectivity index (χ3v) is 7.00. The third kappa shape index (κ3) is 3.15. The van der Waals surface area contributed by atoms with Gasteiger partial charge in [-0.25, -0.2) is 19.9 Å². The van der Waals surface area contributed by atoms with Gasteiger partial charge in [0.05, 0.1) is 11.2 Å². The van der Waals surface area contributed by atoms with Gasteiger partial charge in [-0.05, 0) is 43.9 Å². The van der Waals surface area contributed by atoms with Gasteiger partial charge in [-0.2, -0.15) is 0 Å². The van der Waals surface area contributed by atoms with Crippen molar-refractivity contribution in [2.45, 2.75) is 53.7 Å².